The number of quaternary nitrogens is 1. The second kappa shape index (κ2) is 8.98. The first kappa shape index (κ1) is 17.0. The number of nitrogens with two attached hydrogens (primary N) is 1. The lowest BCUT2D eigenvalue weighted by Gasteiger charge is -2.18. The number of hydrogen-bond acceptors (Lipinski definition) is 2. The van der Waals surface area contributed by atoms with E-state index < -0.39 is 6.10 Å². The van der Waals surface area contributed by atoms with Gasteiger partial charge >= 0.3 is 0 Å². The summed E-state index contributed by atoms with van der Waals surface area (Å²) in [5, 5.41) is 12.2. The van der Waals surface area contributed by atoms with Crippen molar-refractivity contribution in [2.75, 3.05) is 13.2 Å². The summed E-state index contributed by atoms with van der Waals surface area (Å²) in [6, 6.07) is 8.69. The maximum Gasteiger partial charge on any atom is 0.137 e. The SMILES string of the molecule is CC[C@H](C)[NH2+]C[C@@H](O)COc1ccccc1[C@@H](C)CC. The second-order valence-corrected chi connectivity index (χ2v) is 5.67. The Morgan fingerprint density at radius 3 is 2.50 bits per heavy atom. The molecule has 1 rings (SSSR count). The molecule has 0 aromatic heterocycles. The van der Waals surface area contributed by atoms with Gasteiger partial charge in [0.1, 0.15) is 25.0 Å². The summed E-state index contributed by atoms with van der Waals surface area (Å²) in [7, 11) is 0. The zero-order valence-electron chi connectivity index (χ0n) is 13.3. The highest BCUT2D eigenvalue weighted by atomic mass is 16.5. The van der Waals surface area contributed by atoms with Crippen molar-refractivity contribution in [2.45, 2.75) is 58.6 Å². The average molecular weight is 280 g/mol. The van der Waals surface area contributed by atoms with Crippen molar-refractivity contribution in [1.82, 2.24) is 0 Å². The van der Waals surface area contributed by atoms with Crippen molar-refractivity contribution in [3.8, 4) is 5.75 Å². The molecule has 114 valence electrons. The molecule has 20 heavy (non-hydrogen) atoms. The van der Waals surface area contributed by atoms with E-state index >= 15 is 0 Å². The van der Waals surface area contributed by atoms with Gasteiger partial charge in [0.05, 0.1) is 6.04 Å². The van der Waals surface area contributed by atoms with Gasteiger partial charge in [-0.2, -0.15) is 0 Å². The van der Waals surface area contributed by atoms with E-state index in [0.717, 1.165) is 18.6 Å². The van der Waals surface area contributed by atoms with E-state index in [1.165, 1.54) is 5.56 Å². The van der Waals surface area contributed by atoms with Gasteiger partial charge in [-0.25, -0.2) is 0 Å². The predicted molar refractivity (Wildman–Crippen MR) is 83.2 cm³/mol. The first-order chi connectivity index (χ1) is 9.58. The molecule has 0 radical (unpaired) electrons. The molecule has 0 saturated heterocycles. The molecule has 0 saturated carbocycles. The molecule has 0 spiro atoms. The minimum absolute atomic E-state index is 0.361. The zero-order chi connectivity index (χ0) is 15.0. The number of hydrogen-bond donors (Lipinski definition) is 2. The number of para-hydroxylation sites is 1. The van der Waals surface area contributed by atoms with Crippen LogP contribution in [0.4, 0.5) is 0 Å². The quantitative estimate of drug-likeness (QED) is 0.729. The topological polar surface area (TPSA) is 46.1 Å². The van der Waals surface area contributed by atoms with Gasteiger partial charge in [0, 0.05) is 0 Å². The fourth-order valence-corrected chi connectivity index (χ4v) is 2.05. The zero-order valence-corrected chi connectivity index (χ0v) is 13.3. The minimum Gasteiger partial charge on any atom is -0.490 e. The molecule has 0 unspecified atom stereocenters. The van der Waals surface area contributed by atoms with Crippen molar-refractivity contribution >= 4 is 0 Å². The van der Waals surface area contributed by atoms with Gasteiger partial charge in [0.25, 0.3) is 0 Å². The predicted octanol–water partition coefficient (Wildman–Crippen LogP) is 2.30. The molecule has 1 aromatic carbocycles. The summed E-state index contributed by atoms with van der Waals surface area (Å²) < 4.78 is 5.82. The van der Waals surface area contributed by atoms with Crippen LogP contribution >= 0.6 is 0 Å². The highest BCUT2D eigenvalue weighted by Gasteiger charge is 2.13. The van der Waals surface area contributed by atoms with Crippen molar-refractivity contribution in [1.29, 1.82) is 0 Å². The molecule has 3 N–H and O–H groups in total. The Bertz CT molecular complexity index is 381. The number of ether oxygens (including phenoxy) is 1. The van der Waals surface area contributed by atoms with Crippen molar-refractivity contribution in [3.05, 3.63) is 29.8 Å². The van der Waals surface area contributed by atoms with Crippen LogP contribution in [-0.2, 0) is 0 Å². The van der Waals surface area contributed by atoms with E-state index in [1.54, 1.807) is 0 Å². The van der Waals surface area contributed by atoms with E-state index in [1.807, 2.05) is 18.2 Å². The lowest BCUT2D eigenvalue weighted by atomic mass is 9.98. The van der Waals surface area contributed by atoms with Crippen LogP contribution in [-0.4, -0.2) is 30.4 Å². The highest BCUT2D eigenvalue weighted by Crippen LogP contribution is 2.28. The third-order valence-corrected chi connectivity index (χ3v) is 3.95. The molecular weight excluding hydrogens is 250 g/mol. The highest BCUT2D eigenvalue weighted by molar-refractivity contribution is 5.35. The Balaban J connectivity index is 2.49. The van der Waals surface area contributed by atoms with Gasteiger partial charge in [-0.15, -0.1) is 0 Å². The number of aliphatic hydroxyl groups excluding tert-OH is 1. The number of benzene rings is 1. The Labute approximate surface area is 123 Å². The molecule has 1 aromatic rings. The van der Waals surface area contributed by atoms with Gasteiger partial charge in [-0.3, -0.25) is 0 Å². The third-order valence-electron chi connectivity index (χ3n) is 3.95. The summed E-state index contributed by atoms with van der Waals surface area (Å²) in [6.07, 6.45) is 1.78. The van der Waals surface area contributed by atoms with Gasteiger partial charge in [-0.05, 0) is 37.3 Å². The fraction of sp³-hybridized carbons (Fsp3) is 0.647. The monoisotopic (exact) mass is 280 g/mol. The van der Waals surface area contributed by atoms with Gasteiger partial charge in [0.15, 0.2) is 0 Å². The van der Waals surface area contributed by atoms with Crippen LogP contribution in [0.3, 0.4) is 0 Å². The summed E-state index contributed by atoms with van der Waals surface area (Å²) in [4.78, 5) is 0. The molecular formula is C17H30NO2+. The molecule has 0 fully saturated rings. The second-order valence-electron chi connectivity index (χ2n) is 5.67. The Morgan fingerprint density at radius 1 is 1.15 bits per heavy atom. The van der Waals surface area contributed by atoms with Crippen molar-refractivity contribution in [2.24, 2.45) is 0 Å². The van der Waals surface area contributed by atoms with Crippen LogP contribution in [0, 0.1) is 0 Å². The van der Waals surface area contributed by atoms with Gasteiger partial charge < -0.3 is 15.2 Å². The van der Waals surface area contributed by atoms with Gasteiger partial charge in [0.2, 0.25) is 0 Å². The molecule has 0 aliphatic rings. The summed E-state index contributed by atoms with van der Waals surface area (Å²) in [5.74, 6) is 1.39. The van der Waals surface area contributed by atoms with Crippen molar-refractivity contribution in [3.63, 3.8) is 0 Å². The Morgan fingerprint density at radius 2 is 1.85 bits per heavy atom. The van der Waals surface area contributed by atoms with Crippen LogP contribution in [0.1, 0.15) is 52.0 Å². The maximum atomic E-state index is 9.99. The fourth-order valence-electron chi connectivity index (χ4n) is 2.05. The summed E-state index contributed by atoms with van der Waals surface area (Å²) in [6.45, 7) is 9.77. The molecule has 3 nitrogen and oxygen atoms in total. The smallest absolute Gasteiger partial charge is 0.137 e. The van der Waals surface area contributed by atoms with E-state index in [-0.39, 0.29) is 0 Å². The number of rotatable bonds is 9. The molecule has 0 bridgehead atoms. The number of aliphatic hydroxyl groups is 1. The lowest BCUT2D eigenvalue weighted by Crippen LogP contribution is -2.91. The third kappa shape index (κ3) is 5.51. The molecule has 0 amide bonds. The van der Waals surface area contributed by atoms with Crippen LogP contribution in [0.15, 0.2) is 24.3 Å². The van der Waals surface area contributed by atoms with Crippen LogP contribution < -0.4 is 10.1 Å². The average Bonchev–Trinajstić information content (AvgIpc) is 2.49. The first-order valence-corrected chi connectivity index (χ1v) is 7.81. The van der Waals surface area contributed by atoms with E-state index in [2.05, 4.69) is 39.1 Å². The Kier molecular flexibility index (Phi) is 7.63. The largest absolute Gasteiger partial charge is 0.490 e. The van der Waals surface area contributed by atoms with E-state index in [0.29, 0.717) is 25.1 Å². The summed E-state index contributed by atoms with van der Waals surface area (Å²) in [5.41, 5.74) is 1.23. The minimum atomic E-state index is -0.422. The Hall–Kier alpha value is -1.06. The van der Waals surface area contributed by atoms with E-state index in [4.69, 9.17) is 4.74 Å². The lowest BCUT2D eigenvalue weighted by molar-refractivity contribution is -0.691. The molecule has 3 atom stereocenters. The first-order valence-electron chi connectivity index (χ1n) is 7.81. The van der Waals surface area contributed by atoms with Crippen LogP contribution in [0.2, 0.25) is 0 Å². The van der Waals surface area contributed by atoms with Crippen LogP contribution in [0.5, 0.6) is 5.75 Å². The standard InChI is InChI=1S/C17H29NO2/c1-5-13(3)16-9-7-8-10-17(16)20-12-15(19)11-18-14(4)6-2/h7-10,13-15,18-19H,5-6,11-12H2,1-4H3/p+1/t13-,14-,15+/m0/s1. The molecule has 0 aliphatic heterocycles. The van der Waals surface area contributed by atoms with Crippen LogP contribution in [0.25, 0.3) is 0 Å². The molecule has 0 aliphatic carbocycles. The van der Waals surface area contributed by atoms with Crippen molar-refractivity contribution < 1.29 is 15.2 Å². The normalized spacial score (nSPS) is 15.7. The maximum absolute atomic E-state index is 9.99. The van der Waals surface area contributed by atoms with Gasteiger partial charge in [-0.1, -0.05) is 39.0 Å². The summed E-state index contributed by atoms with van der Waals surface area (Å²) >= 11 is 0. The van der Waals surface area contributed by atoms with E-state index in [9.17, 15) is 5.11 Å². The molecule has 3 heteroatoms. The molecule has 0 heterocycles.